The van der Waals surface area contributed by atoms with Crippen LogP contribution in [0.5, 0.6) is 0 Å². The first kappa shape index (κ1) is 23.4. The largest absolute Gasteiger partial charge is 0.381 e. The lowest BCUT2D eigenvalue weighted by molar-refractivity contribution is -0.0318. The van der Waals surface area contributed by atoms with Crippen molar-refractivity contribution in [3.8, 4) is 0 Å². The SMILES string of the molecule is CCCS(=O)(=O)N1CCC(NC(=NCCCOC2CCOCC2)NCC)CC1. The third-order valence-corrected chi connectivity index (χ3v) is 7.16. The van der Waals surface area contributed by atoms with Crippen LogP contribution in [0.3, 0.4) is 0 Å². The minimum atomic E-state index is -3.09. The fraction of sp³-hybridized carbons (Fsp3) is 0.947. The maximum atomic E-state index is 12.2. The van der Waals surface area contributed by atoms with Crippen LogP contribution in [-0.4, -0.2) is 82.6 Å². The van der Waals surface area contributed by atoms with Crippen molar-refractivity contribution < 1.29 is 17.9 Å². The highest BCUT2D eigenvalue weighted by Crippen LogP contribution is 2.15. The van der Waals surface area contributed by atoms with Crippen LogP contribution in [0.25, 0.3) is 0 Å². The molecule has 2 aliphatic rings. The van der Waals surface area contributed by atoms with Gasteiger partial charge < -0.3 is 20.1 Å². The van der Waals surface area contributed by atoms with Crippen LogP contribution in [0.4, 0.5) is 0 Å². The van der Waals surface area contributed by atoms with Gasteiger partial charge in [-0.1, -0.05) is 6.92 Å². The average Bonchev–Trinajstić information content (AvgIpc) is 2.69. The number of ether oxygens (including phenoxy) is 2. The molecule has 28 heavy (non-hydrogen) atoms. The molecule has 0 aromatic carbocycles. The van der Waals surface area contributed by atoms with Gasteiger partial charge in [0.25, 0.3) is 0 Å². The van der Waals surface area contributed by atoms with Crippen molar-refractivity contribution in [3.63, 3.8) is 0 Å². The Kier molecular flexibility index (Phi) is 10.5. The minimum absolute atomic E-state index is 0.241. The number of hydrogen-bond donors (Lipinski definition) is 2. The quantitative estimate of drug-likeness (QED) is 0.316. The summed E-state index contributed by atoms with van der Waals surface area (Å²) in [6.45, 7) is 8.95. The number of piperidine rings is 1. The normalized spacial score (nSPS) is 21.0. The maximum Gasteiger partial charge on any atom is 0.214 e. The Labute approximate surface area is 170 Å². The highest BCUT2D eigenvalue weighted by atomic mass is 32.2. The van der Waals surface area contributed by atoms with Crippen LogP contribution in [0.2, 0.25) is 0 Å². The second kappa shape index (κ2) is 12.6. The summed E-state index contributed by atoms with van der Waals surface area (Å²) in [4.78, 5) is 4.65. The van der Waals surface area contributed by atoms with Gasteiger partial charge in [0.15, 0.2) is 5.96 Å². The molecule has 8 nitrogen and oxygen atoms in total. The molecule has 0 amide bonds. The zero-order valence-electron chi connectivity index (χ0n) is 17.5. The fourth-order valence-corrected chi connectivity index (χ4v) is 5.07. The monoisotopic (exact) mass is 418 g/mol. The summed E-state index contributed by atoms with van der Waals surface area (Å²) in [5.41, 5.74) is 0. The smallest absolute Gasteiger partial charge is 0.214 e. The van der Waals surface area contributed by atoms with E-state index >= 15 is 0 Å². The molecule has 0 atom stereocenters. The van der Waals surface area contributed by atoms with Crippen molar-refractivity contribution in [1.82, 2.24) is 14.9 Å². The van der Waals surface area contributed by atoms with Crippen LogP contribution >= 0.6 is 0 Å². The predicted molar refractivity (Wildman–Crippen MR) is 112 cm³/mol. The molecule has 2 fully saturated rings. The second-order valence-corrected chi connectivity index (χ2v) is 9.52. The number of sulfonamides is 1. The van der Waals surface area contributed by atoms with Gasteiger partial charge in [-0.25, -0.2) is 12.7 Å². The molecule has 164 valence electrons. The lowest BCUT2D eigenvalue weighted by atomic mass is 10.1. The molecule has 0 spiro atoms. The van der Waals surface area contributed by atoms with Crippen molar-refractivity contribution in [2.45, 2.75) is 64.5 Å². The molecule has 0 aromatic heterocycles. The highest BCUT2D eigenvalue weighted by Gasteiger charge is 2.27. The Morgan fingerprint density at radius 3 is 2.54 bits per heavy atom. The Morgan fingerprint density at radius 1 is 1.18 bits per heavy atom. The van der Waals surface area contributed by atoms with Crippen LogP contribution in [-0.2, 0) is 19.5 Å². The average molecular weight is 419 g/mol. The van der Waals surface area contributed by atoms with Crippen molar-refractivity contribution >= 4 is 16.0 Å². The molecule has 0 bridgehead atoms. The van der Waals surface area contributed by atoms with Crippen molar-refractivity contribution in [2.75, 3.05) is 51.8 Å². The van der Waals surface area contributed by atoms with Gasteiger partial charge in [0, 0.05) is 52.0 Å². The molecular formula is C19H38N4O4S. The molecule has 9 heteroatoms. The molecule has 0 saturated carbocycles. The minimum Gasteiger partial charge on any atom is -0.381 e. The summed E-state index contributed by atoms with van der Waals surface area (Å²) in [7, 11) is -3.09. The summed E-state index contributed by atoms with van der Waals surface area (Å²) >= 11 is 0. The highest BCUT2D eigenvalue weighted by molar-refractivity contribution is 7.89. The Bertz CT molecular complexity index is 556. The molecular weight excluding hydrogens is 380 g/mol. The van der Waals surface area contributed by atoms with Gasteiger partial charge in [-0.2, -0.15) is 0 Å². The first-order valence-corrected chi connectivity index (χ1v) is 12.4. The molecule has 0 unspecified atom stereocenters. The van der Waals surface area contributed by atoms with Gasteiger partial charge >= 0.3 is 0 Å². The maximum absolute atomic E-state index is 12.2. The zero-order valence-corrected chi connectivity index (χ0v) is 18.3. The molecule has 2 N–H and O–H groups in total. The first-order valence-electron chi connectivity index (χ1n) is 10.8. The molecule has 0 aliphatic carbocycles. The third kappa shape index (κ3) is 8.23. The van der Waals surface area contributed by atoms with Crippen molar-refractivity contribution in [2.24, 2.45) is 4.99 Å². The lowest BCUT2D eigenvalue weighted by Crippen LogP contribution is -2.50. The van der Waals surface area contributed by atoms with E-state index in [2.05, 4.69) is 15.6 Å². The molecule has 2 aliphatic heterocycles. The molecule has 0 radical (unpaired) electrons. The summed E-state index contributed by atoms with van der Waals surface area (Å²) < 4.78 is 37.2. The summed E-state index contributed by atoms with van der Waals surface area (Å²) in [5, 5.41) is 6.74. The van der Waals surface area contributed by atoms with E-state index in [0.29, 0.717) is 32.2 Å². The van der Waals surface area contributed by atoms with E-state index in [1.807, 2.05) is 13.8 Å². The number of hydrogen-bond acceptors (Lipinski definition) is 5. The van der Waals surface area contributed by atoms with Gasteiger partial charge in [-0.05, 0) is 45.4 Å². The summed E-state index contributed by atoms with van der Waals surface area (Å²) in [5.74, 6) is 1.05. The van der Waals surface area contributed by atoms with E-state index in [1.54, 1.807) is 4.31 Å². The molecule has 0 aromatic rings. The van der Waals surface area contributed by atoms with Crippen LogP contribution in [0.15, 0.2) is 4.99 Å². The first-order chi connectivity index (χ1) is 13.5. The van der Waals surface area contributed by atoms with Crippen molar-refractivity contribution in [3.05, 3.63) is 0 Å². The van der Waals surface area contributed by atoms with Gasteiger partial charge in [0.1, 0.15) is 0 Å². The van der Waals surface area contributed by atoms with Gasteiger partial charge in [-0.15, -0.1) is 0 Å². The Morgan fingerprint density at radius 2 is 1.89 bits per heavy atom. The fourth-order valence-electron chi connectivity index (χ4n) is 3.53. The van der Waals surface area contributed by atoms with Gasteiger partial charge in [-0.3, -0.25) is 4.99 Å². The number of nitrogens with one attached hydrogen (secondary N) is 2. The lowest BCUT2D eigenvalue weighted by Gasteiger charge is -2.32. The van der Waals surface area contributed by atoms with Crippen molar-refractivity contribution in [1.29, 1.82) is 0 Å². The summed E-state index contributed by atoms with van der Waals surface area (Å²) in [6.07, 6.45) is 5.47. The van der Waals surface area contributed by atoms with E-state index in [4.69, 9.17) is 9.47 Å². The van der Waals surface area contributed by atoms with Crippen LogP contribution in [0, 0.1) is 0 Å². The van der Waals surface area contributed by atoms with Gasteiger partial charge in [0.05, 0.1) is 11.9 Å². The Hall–Kier alpha value is -0.900. The Balaban J connectivity index is 1.69. The molecule has 2 rings (SSSR count). The van der Waals surface area contributed by atoms with Crippen LogP contribution < -0.4 is 10.6 Å². The molecule has 2 saturated heterocycles. The van der Waals surface area contributed by atoms with E-state index in [1.165, 1.54) is 0 Å². The second-order valence-electron chi connectivity index (χ2n) is 7.43. The van der Waals surface area contributed by atoms with Crippen LogP contribution in [0.1, 0.15) is 52.4 Å². The van der Waals surface area contributed by atoms with E-state index in [9.17, 15) is 8.42 Å². The van der Waals surface area contributed by atoms with E-state index in [0.717, 1.165) is 64.4 Å². The number of aliphatic imine (C=N–C) groups is 1. The molecule has 2 heterocycles. The predicted octanol–water partition coefficient (Wildman–Crippen LogP) is 1.33. The van der Waals surface area contributed by atoms with E-state index in [-0.39, 0.29) is 11.8 Å². The summed E-state index contributed by atoms with van der Waals surface area (Å²) in [6, 6.07) is 0.254. The third-order valence-electron chi connectivity index (χ3n) is 5.09. The van der Waals surface area contributed by atoms with E-state index < -0.39 is 10.0 Å². The zero-order chi connectivity index (χ0) is 20.2. The topological polar surface area (TPSA) is 92.3 Å². The standard InChI is InChI=1S/C19H38N4O4S/c1-3-16-28(24,25)23-11-6-17(7-12-23)22-19(20-4-2)21-10-5-13-27-18-8-14-26-15-9-18/h17-18H,3-16H2,1-2H3,(H2,20,21,22). The van der Waals surface area contributed by atoms with Gasteiger partial charge in [0.2, 0.25) is 10.0 Å². The number of nitrogens with zero attached hydrogens (tertiary/aromatic N) is 2. The number of rotatable bonds is 10. The number of guanidine groups is 1.